The summed E-state index contributed by atoms with van der Waals surface area (Å²) in [5.41, 5.74) is 0.410. The molecule has 2 aliphatic rings. The molecule has 3 rings (SSSR count). The number of carbonyl (C=O) groups excluding carboxylic acids is 1. The second-order valence-electron chi connectivity index (χ2n) is 6.93. The molecule has 3 heterocycles. The molecule has 0 saturated carbocycles. The molecule has 1 aromatic rings. The van der Waals surface area contributed by atoms with Crippen LogP contribution in [0.15, 0.2) is 10.9 Å². The van der Waals surface area contributed by atoms with Crippen LogP contribution in [0.4, 0.5) is 5.95 Å². The quantitative estimate of drug-likeness (QED) is 0.785. The van der Waals surface area contributed by atoms with Crippen LogP contribution >= 0.6 is 0 Å². The number of likely N-dealkylation sites (tertiary alicyclic amines) is 1. The van der Waals surface area contributed by atoms with Gasteiger partial charge in [-0.05, 0) is 39.0 Å². The monoisotopic (exact) mass is 334 g/mol. The van der Waals surface area contributed by atoms with Crippen LogP contribution in [0, 0.1) is 0 Å². The number of aryl methyl sites for hydroxylation is 1. The Kier molecular flexibility index (Phi) is 5.18. The standard InChI is InChI=1S/C17H26N4O3/c1-17(7-4-10-24-17)12-18-16-19-13(11-14(22)20-16)5-2-8-21-9-3-6-15(21)23/h11H,2-10,12H2,1H3,(H2,18,19,20,22)/t17-/m1/s1. The summed E-state index contributed by atoms with van der Waals surface area (Å²) < 4.78 is 5.73. The summed E-state index contributed by atoms with van der Waals surface area (Å²) in [5.74, 6) is 0.729. The highest BCUT2D eigenvalue weighted by Gasteiger charge is 2.29. The molecule has 24 heavy (non-hydrogen) atoms. The summed E-state index contributed by atoms with van der Waals surface area (Å²) in [6.45, 7) is 5.08. The van der Waals surface area contributed by atoms with E-state index >= 15 is 0 Å². The SMILES string of the molecule is C[C@]1(CNc2nc(CCCN3CCCC3=O)cc(=O)[nH]2)CCCO1. The normalized spacial score (nSPS) is 23.9. The van der Waals surface area contributed by atoms with Crippen molar-refractivity contribution in [1.82, 2.24) is 14.9 Å². The van der Waals surface area contributed by atoms with E-state index in [1.54, 1.807) is 0 Å². The summed E-state index contributed by atoms with van der Waals surface area (Å²) in [4.78, 5) is 32.5. The van der Waals surface area contributed by atoms with Gasteiger partial charge in [-0.15, -0.1) is 0 Å². The highest BCUT2D eigenvalue weighted by Crippen LogP contribution is 2.24. The van der Waals surface area contributed by atoms with Crippen LogP contribution in [0.2, 0.25) is 0 Å². The Balaban J connectivity index is 1.53. The summed E-state index contributed by atoms with van der Waals surface area (Å²) in [6, 6.07) is 1.53. The van der Waals surface area contributed by atoms with Gasteiger partial charge in [0.15, 0.2) is 0 Å². The molecule has 2 aliphatic heterocycles. The van der Waals surface area contributed by atoms with Gasteiger partial charge in [0.05, 0.1) is 5.60 Å². The maximum Gasteiger partial charge on any atom is 0.252 e. The van der Waals surface area contributed by atoms with E-state index in [1.165, 1.54) is 6.07 Å². The Hall–Kier alpha value is -1.89. The molecule has 0 aromatic carbocycles. The van der Waals surface area contributed by atoms with Gasteiger partial charge in [-0.2, -0.15) is 0 Å². The van der Waals surface area contributed by atoms with Crippen LogP contribution in [-0.4, -0.2) is 52.6 Å². The second kappa shape index (κ2) is 7.34. The average Bonchev–Trinajstić information content (AvgIpc) is 3.15. The first-order valence-corrected chi connectivity index (χ1v) is 8.80. The van der Waals surface area contributed by atoms with Crippen molar-refractivity contribution in [2.24, 2.45) is 0 Å². The van der Waals surface area contributed by atoms with E-state index < -0.39 is 0 Å². The number of aromatic nitrogens is 2. The minimum atomic E-state index is -0.190. The van der Waals surface area contributed by atoms with E-state index in [1.807, 2.05) is 4.90 Å². The predicted octanol–water partition coefficient (Wildman–Crippen LogP) is 1.31. The van der Waals surface area contributed by atoms with Crippen molar-refractivity contribution in [1.29, 1.82) is 0 Å². The number of anilines is 1. The minimum Gasteiger partial charge on any atom is -0.373 e. The molecule has 1 atom stereocenters. The Morgan fingerprint density at radius 2 is 2.29 bits per heavy atom. The van der Waals surface area contributed by atoms with Crippen molar-refractivity contribution in [3.63, 3.8) is 0 Å². The third-order valence-corrected chi connectivity index (χ3v) is 4.76. The molecule has 0 bridgehead atoms. The molecular weight excluding hydrogens is 308 g/mol. The Bertz CT molecular complexity index is 637. The van der Waals surface area contributed by atoms with Crippen LogP contribution in [-0.2, 0) is 16.0 Å². The number of carbonyl (C=O) groups is 1. The highest BCUT2D eigenvalue weighted by molar-refractivity contribution is 5.77. The van der Waals surface area contributed by atoms with Crippen molar-refractivity contribution in [3.05, 3.63) is 22.1 Å². The number of nitrogens with zero attached hydrogens (tertiary/aromatic N) is 2. The van der Waals surface area contributed by atoms with Gasteiger partial charge in [-0.3, -0.25) is 14.6 Å². The lowest BCUT2D eigenvalue weighted by molar-refractivity contribution is -0.127. The molecule has 7 heteroatoms. The van der Waals surface area contributed by atoms with Crippen molar-refractivity contribution in [2.45, 2.75) is 51.0 Å². The summed E-state index contributed by atoms with van der Waals surface area (Å²) in [7, 11) is 0. The molecule has 0 radical (unpaired) electrons. The summed E-state index contributed by atoms with van der Waals surface area (Å²) in [6.07, 6.45) is 5.21. The van der Waals surface area contributed by atoms with E-state index in [0.717, 1.165) is 51.1 Å². The van der Waals surface area contributed by atoms with E-state index in [9.17, 15) is 9.59 Å². The maximum absolute atomic E-state index is 11.8. The van der Waals surface area contributed by atoms with Crippen molar-refractivity contribution >= 4 is 11.9 Å². The fourth-order valence-corrected chi connectivity index (χ4v) is 3.36. The molecule has 2 saturated heterocycles. The van der Waals surface area contributed by atoms with Gasteiger partial charge in [-0.25, -0.2) is 4.98 Å². The zero-order valence-corrected chi connectivity index (χ0v) is 14.3. The highest BCUT2D eigenvalue weighted by atomic mass is 16.5. The second-order valence-corrected chi connectivity index (χ2v) is 6.93. The fraction of sp³-hybridized carbons (Fsp3) is 0.706. The Morgan fingerprint density at radius 1 is 1.42 bits per heavy atom. The van der Waals surface area contributed by atoms with E-state index in [-0.39, 0.29) is 17.1 Å². The Morgan fingerprint density at radius 3 is 3.00 bits per heavy atom. The summed E-state index contributed by atoms with van der Waals surface area (Å²) in [5, 5.41) is 3.19. The number of amides is 1. The zero-order chi connectivity index (χ0) is 17.0. The fourth-order valence-electron chi connectivity index (χ4n) is 3.36. The van der Waals surface area contributed by atoms with E-state index in [2.05, 4.69) is 22.2 Å². The number of nitrogens with one attached hydrogen (secondary N) is 2. The van der Waals surface area contributed by atoms with Gasteiger partial charge in [0, 0.05) is 44.4 Å². The molecule has 0 unspecified atom stereocenters. The molecule has 1 aromatic heterocycles. The number of ether oxygens (including phenoxy) is 1. The number of hydrogen-bond acceptors (Lipinski definition) is 5. The topological polar surface area (TPSA) is 87.3 Å². The van der Waals surface area contributed by atoms with Gasteiger partial charge in [0.2, 0.25) is 11.9 Å². The summed E-state index contributed by atoms with van der Waals surface area (Å²) >= 11 is 0. The number of H-pyrrole nitrogens is 1. The lowest BCUT2D eigenvalue weighted by Gasteiger charge is -2.23. The van der Waals surface area contributed by atoms with Gasteiger partial charge >= 0.3 is 0 Å². The number of rotatable bonds is 7. The first-order valence-electron chi connectivity index (χ1n) is 8.80. The molecule has 0 spiro atoms. The van der Waals surface area contributed by atoms with Crippen LogP contribution < -0.4 is 10.9 Å². The molecule has 2 fully saturated rings. The van der Waals surface area contributed by atoms with Crippen LogP contribution in [0.3, 0.4) is 0 Å². The third-order valence-electron chi connectivity index (χ3n) is 4.76. The molecule has 2 N–H and O–H groups in total. The van der Waals surface area contributed by atoms with Crippen LogP contribution in [0.1, 0.15) is 44.7 Å². The van der Waals surface area contributed by atoms with Crippen molar-refractivity contribution in [2.75, 3.05) is 31.6 Å². The maximum atomic E-state index is 11.8. The van der Waals surface area contributed by atoms with Crippen LogP contribution in [0.5, 0.6) is 0 Å². The first kappa shape index (κ1) is 17.0. The number of aromatic amines is 1. The predicted molar refractivity (Wildman–Crippen MR) is 91.1 cm³/mol. The third kappa shape index (κ3) is 4.35. The number of hydrogen-bond donors (Lipinski definition) is 2. The lowest BCUT2D eigenvalue weighted by Crippen LogP contribution is -2.33. The lowest BCUT2D eigenvalue weighted by atomic mass is 10.0. The smallest absolute Gasteiger partial charge is 0.252 e. The van der Waals surface area contributed by atoms with Gasteiger partial charge in [0.25, 0.3) is 5.56 Å². The molecule has 1 amide bonds. The van der Waals surface area contributed by atoms with Gasteiger partial charge < -0.3 is 15.0 Å². The minimum absolute atomic E-state index is 0.155. The van der Waals surface area contributed by atoms with Crippen molar-refractivity contribution in [3.8, 4) is 0 Å². The van der Waals surface area contributed by atoms with Crippen molar-refractivity contribution < 1.29 is 9.53 Å². The zero-order valence-electron chi connectivity index (χ0n) is 14.3. The van der Waals surface area contributed by atoms with E-state index in [4.69, 9.17) is 4.74 Å². The van der Waals surface area contributed by atoms with Crippen LogP contribution in [0.25, 0.3) is 0 Å². The Labute approximate surface area is 141 Å². The molecule has 0 aliphatic carbocycles. The van der Waals surface area contributed by atoms with Gasteiger partial charge in [-0.1, -0.05) is 0 Å². The average molecular weight is 334 g/mol. The van der Waals surface area contributed by atoms with Gasteiger partial charge in [0.1, 0.15) is 0 Å². The molecular formula is C17H26N4O3. The molecule has 7 nitrogen and oxygen atoms in total. The first-order chi connectivity index (χ1) is 11.5. The van der Waals surface area contributed by atoms with E-state index in [0.29, 0.717) is 25.3 Å². The largest absolute Gasteiger partial charge is 0.373 e. The molecule has 132 valence electrons.